The van der Waals surface area contributed by atoms with Crippen molar-refractivity contribution in [3.05, 3.63) is 89.0 Å². The zero-order valence-corrected chi connectivity index (χ0v) is 24.0. The Balaban J connectivity index is 1.38. The van der Waals surface area contributed by atoms with Crippen molar-refractivity contribution in [1.29, 1.82) is 0 Å². The normalized spacial score (nSPS) is 19.6. The molecule has 3 aromatic carbocycles. The first-order valence-electron chi connectivity index (χ1n) is 14.2. The highest BCUT2D eigenvalue weighted by atomic mass is 19.4. The van der Waals surface area contributed by atoms with Crippen LogP contribution in [-0.2, 0) is 28.7 Å². The van der Waals surface area contributed by atoms with Crippen molar-refractivity contribution in [2.24, 2.45) is 0 Å². The number of rotatable bonds is 2. The quantitative estimate of drug-likeness (QED) is 0.452. The van der Waals surface area contributed by atoms with Crippen molar-refractivity contribution < 1.29 is 41.8 Å². The topological polar surface area (TPSA) is 106 Å². The van der Waals surface area contributed by atoms with E-state index in [2.05, 4.69) is 10.6 Å². The Kier molecular flexibility index (Phi) is 9.26. The van der Waals surface area contributed by atoms with Crippen LogP contribution in [0, 0.1) is 0 Å². The predicted octanol–water partition coefficient (Wildman–Crippen LogP) is 4.13. The van der Waals surface area contributed by atoms with E-state index in [-0.39, 0.29) is 37.6 Å². The molecule has 44 heavy (non-hydrogen) atoms. The third-order valence-corrected chi connectivity index (χ3v) is 7.55. The van der Waals surface area contributed by atoms with Crippen LogP contribution in [0.2, 0.25) is 0 Å². The van der Waals surface area contributed by atoms with Crippen LogP contribution >= 0.6 is 0 Å². The monoisotopic (exact) mass is 611 g/mol. The largest absolute Gasteiger partial charge is 0.493 e. The summed E-state index contributed by atoms with van der Waals surface area (Å²) >= 11 is 0. The number of nitrogens with one attached hydrogen (secondary N) is 2. The van der Waals surface area contributed by atoms with Crippen LogP contribution in [0.5, 0.6) is 17.2 Å². The lowest BCUT2D eigenvalue weighted by atomic mass is 10.00. The van der Waals surface area contributed by atoms with Gasteiger partial charge in [-0.25, -0.2) is 0 Å². The van der Waals surface area contributed by atoms with Gasteiger partial charge in [0.15, 0.2) is 18.1 Å². The van der Waals surface area contributed by atoms with Gasteiger partial charge in [-0.05, 0) is 60.0 Å². The molecule has 5 aliphatic rings. The molecule has 8 rings (SSSR count). The van der Waals surface area contributed by atoms with E-state index in [9.17, 15) is 27.6 Å². The molecule has 12 heteroatoms. The molecule has 0 radical (unpaired) electrons. The van der Waals surface area contributed by atoms with Crippen molar-refractivity contribution in [3.63, 3.8) is 0 Å². The van der Waals surface area contributed by atoms with Gasteiger partial charge in [-0.1, -0.05) is 24.3 Å². The second kappa shape index (κ2) is 13.3. The molecule has 1 saturated heterocycles. The minimum absolute atomic E-state index is 0.00756. The summed E-state index contributed by atoms with van der Waals surface area (Å²) in [5, 5.41) is 5.79. The molecular formula is C32H32F3N3O6. The highest BCUT2D eigenvalue weighted by molar-refractivity contribution is 5.94. The molecule has 4 bridgehead atoms. The number of amides is 3. The molecule has 9 nitrogen and oxygen atoms in total. The van der Waals surface area contributed by atoms with Crippen molar-refractivity contribution in [2.45, 2.75) is 44.1 Å². The van der Waals surface area contributed by atoms with E-state index in [4.69, 9.17) is 14.2 Å². The van der Waals surface area contributed by atoms with Crippen LogP contribution in [0.4, 0.5) is 13.2 Å². The Morgan fingerprint density at radius 2 is 1.75 bits per heavy atom. The van der Waals surface area contributed by atoms with Crippen LogP contribution in [0.15, 0.2) is 66.7 Å². The Morgan fingerprint density at radius 1 is 0.977 bits per heavy atom. The predicted molar refractivity (Wildman–Crippen MR) is 153 cm³/mol. The molecule has 5 aliphatic heterocycles. The fourth-order valence-electron chi connectivity index (χ4n) is 5.19. The number of hydrogen-bond donors (Lipinski definition) is 2. The number of aryl methyl sites for hydroxylation is 1. The average Bonchev–Trinajstić information content (AvgIpc) is 3.02. The highest BCUT2D eigenvalue weighted by Gasteiger charge is 2.36. The molecule has 0 spiro atoms. The molecule has 0 aromatic heterocycles. The fraction of sp³-hybridized carbons (Fsp3) is 0.344. The second-order valence-electron chi connectivity index (χ2n) is 10.6. The van der Waals surface area contributed by atoms with E-state index < -0.39 is 35.7 Å². The molecule has 0 unspecified atom stereocenters. The van der Waals surface area contributed by atoms with E-state index in [1.54, 1.807) is 30.3 Å². The maximum Gasteiger partial charge on any atom is 0.416 e. The molecule has 3 amide bonds. The summed E-state index contributed by atoms with van der Waals surface area (Å²) < 4.78 is 57.2. The number of hydrogen-bond acceptors (Lipinski definition) is 6. The standard InChI is InChI=1S/C32H32F3N3O6/c1-42-28-15-20-7-11-27(28)43-19-30(40)37-25-18-38(31(41)22-3-2-4-23(16-22)32(33,34)35)14-13-26(25)44-24-9-5-21(6-10-24)17-36-29(39)12-8-20/h2-7,9-11,15-16,25-26H,8,12-14,17-19H2,1H3,(H,36,39)(H,37,40)/t25-,26-/m1/s1. The highest BCUT2D eigenvalue weighted by Crippen LogP contribution is 2.31. The van der Waals surface area contributed by atoms with Gasteiger partial charge in [0, 0.05) is 38.0 Å². The molecule has 2 N–H and O–H groups in total. The van der Waals surface area contributed by atoms with Gasteiger partial charge < -0.3 is 29.7 Å². The van der Waals surface area contributed by atoms with Crippen molar-refractivity contribution in [1.82, 2.24) is 15.5 Å². The van der Waals surface area contributed by atoms with Gasteiger partial charge in [-0.2, -0.15) is 13.2 Å². The third kappa shape index (κ3) is 7.61. The number of halogens is 3. The van der Waals surface area contributed by atoms with Gasteiger partial charge in [0.2, 0.25) is 5.91 Å². The van der Waals surface area contributed by atoms with E-state index in [1.165, 1.54) is 24.1 Å². The molecule has 0 saturated carbocycles. The van der Waals surface area contributed by atoms with Gasteiger partial charge in [-0.3, -0.25) is 14.4 Å². The van der Waals surface area contributed by atoms with Gasteiger partial charge in [0.1, 0.15) is 11.9 Å². The number of ether oxygens (including phenoxy) is 3. The zero-order valence-electron chi connectivity index (χ0n) is 24.0. The van der Waals surface area contributed by atoms with Gasteiger partial charge in [0.05, 0.1) is 18.7 Å². The van der Waals surface area contributed by atoms with Crippen LogP contribution < -0.4 is 24.8 Å². The summed E-state index contributed by atoms with van der Waals surface area (Å²) in [6, 6.07) is 16.0. The molecule has 232 valence electrons. The number of nitrogens with zero attached hydrogens (tertiary/aromatic N) is 1. The summed E-state index contributed by atoms with van der Waals surface area (Å²) in [6.07, 6.45) is -4.06. The Morgan fingerprint density at radius 3 is 2.50 bits per heavy atom. The van der Waals surface area contributed by atoms with Crippen molar-refractivity contribution >= 4 is 17.7 Å². The van der Waals surface area contributed by atoms with E-state index in [0.717, 1.165) is 23.3 Å². The van der Waals surface area contributed by atoms with Gasteiger partial charge >= 0.3 is 6.18 Å². The Bertz CT molecular complexity index is 1510. The van der Waals surface area contributed by atoms with Crippen molar-refractivity contribution in [3.8, 4) is 17.2 Å². The number of benzene rings is 3. The lowest BCUT2D eigenvalue weighted by Crippen LogP contribution is -2.58. The molecule has 3 aromatic rings. The minimum Gasteiger partial charge on any atom is -0.493 e. The number of piperidine rings is 1. The first kappa shape index (κ1) is 30.7. The maximum atomic E-state index is 13.3. The zero-order chi connectivity index (χ0) is 31.3. The summed E-state index contributed by atoms with van der Waals surface area (Å²) in [6.45, 7) is 0.186. The summed E-state index contributed by atoms with van der Waals surface area (Å²) in [5.74, 6) is 0.0955. The first-order chi connectivity index (χ1) is 21.1. The van der Waals surface area contributed by atoms with E-state index in [0.29, 0.717) is 36.6 Å². The summed E-state index contributed by atoms with van der Waals surface area (Å²) in [5.41, 5.74) is 0.718. The average molecular weight is 612 g/mol. The molecule has 1 fully saturated rings. The smallest absolute Gasteiger partial charge is 0.416 e. The third-order valence-electron chi connectivity index (χ3n) is 7.55. The number of carbonyl (C=O) groups excluding carboxylic acids is 3. The lowest BCUT2D eigenvalue weighted by Gasteiger charge is -2.39. The van der Waals surface area contributed by atoms with Crippen LogP contribution in [0.3, 0.4) is 0 Å². The van der Waals surface area contributed by atoms with E-state index >= 15 is 0 Å². The minimum atomic E-state index is -4.59. The van der Waals surface area contributed by atoms with Crippen LogP contribution in [0.1, 0.15) is 39.9 Å². The summed E-state index contributed by atoms with van der Waals surface area (Å²) in [4.78, 5) is 40.2. The second-order valence-corrected chi connectivity index (χ2v) is 10.6. The summed E-state index contributed by atoms with van der Waals surface area (Å²) in [7, 11) is 1.47. The fourth-order valence-corrected chi connectivity index (χ4v) is 5.19. The van der Waals surface area contributed by atoms with Gasteiger partial charge in [-0.15, -0.1) is 0 Å². The first-order valence-corrected chi connectivity index (χ1v) is 14.2. The number of carbonyl (C=O) groups is 3. The van der Waals surface area contributed by atoms with Crippen LogP contribution in [0.25, 0.3) is 0 Å². The SMILES string of the molecule is COc1cc2ccc1OCC(=O)N[C@@H]1CN(C(=O)c3cccc(C(F)(F)F)c3)CC[C@H]1Oc1ccc(cc1)CNC(=O)CC2. The van der Waals surface area contributed by atoms with Crippen molar-refractivity contribution in [2.75, 3.05) is 26.8 Å². The van der Waals surface area contributed by atoms with E-state index in [1.807, 2.05) is 12.1 Å². The molecule has 5 heterocycles. The maximum absolute atomic E-state index is 13.3. The number of likely N-dealkylation sites (tertiary alicyclic amines) is 1. The number of methoxy groups -OCH3 is 1. The van der Waals surface area contributed by atoms with Crippen LogP contribution in [-0.4, -0.2) is 61.6 Å². The molecule has 0 aliphatic carbocycles. The molecular weight excluding hydrogens is 579 g/mol. The lowest BCUT2D eigenvalue weighted by molar-refractivity contribution is -0.137. The number of alkyl halides is 3. The van der Waals surface area contributed by atoms with Gasteiger partial charge in [0.25, 0.3) is 11.8 Å². The molecule has 2 atom stereocenters. The Hall–Kier alpha value is -4.74. The Labute approximate surface area is 252 Å².